The number of hydrogen-bond acceptors (Lipinski definition) is 5. The second-order valence-corrected chi connectivity index (χ2v) is 7.48. The Hall–Kier alpha value is -2.66. The molecule has 0 amide bonds. The number of aromatic nitrogens is 2. The maximum absolute atomic E-state index is 6.18. The summed E-state index contributed by atoms with van der Waals surface area (Å²) in [5.74, 6) is 0.621. The van der Waals surface area contributed by atoms with Gasteiger partial charge in [0.05, 0.1) is 0 Å². The molecule has 3 fully saturated rings. The van der Waals surface area contributed by atoms with Gasteiger partial charge in [0.1, 0.15) is 0 Å². The van der Waals surface area contributed by atoms with Gasteiger partial charge in [-0.05, 0) is 36.5 Å². The molecule has 6 rings (SSSR count). The maximum Gasteiger partial charge on any atom is 0.318 e. The summed E-state index contributed by atoms with van der Waals surface area (Å²) in [4.78, 5) is 4.85. The van der Waals surface area contributed by atoms with Gasteiger partial charge in [0.15, 0.2) is 0 Å². The monoisotopic (exact) mass is 360 g/mol. The first-order chi connectivity index (χ1) is 13.4. The van der Waals surface area contributed by atoms with Crippen LogP contribution in [0.1, 0.15) is 24.0 Å². The summed E-state index contributed by atoms with van der Waals surface area (Å²) in [6.07, 6.45) is 3.22. The number of nitrogens with zero attached hydrogens (tertiary/aromatic N) is 4. The standard InChI is InChI=1S/C22H24N4O/c1-2-6-17(7-3-1)16-18-8-4-5-9-20(18)21-23-24-22(27-21)26-15-14-25-12-10-19(26)11-13-25/h1-9,19H,10-16H2. The summed E-state index contributed by atoms with van der Waals surface area (Å²) in [5, 5.41) is 8.82. The fraction of sp³-hybridized carbons (Fsp3) is 0.364. The Morgan fingerprint density at radius 3 is 2.48 bits per heavy atom. The lowest BCUT2D eigenvalue weighted by Gasteiger charge is -2.29. The van der Waals surface area contributed by atoms with E-state index in [1.807, 2.05) is 12.1 Å². The minimum absolute atomic E-state index is 0.525. The number of rotatable bonds is 4. The summed E-state index contributed by atoms with van der Waals surface area (Å²) in [6.45, 7) is 4.42. The van der Waals surface area contributed by atoms with Gasteiger partial charge in [0.25, 0.3) is 0 Å². The molecule has 0 N–H and O–H groups in total. The third-order valence-corrected chi connectivity index (χ3v) is 5.80. The molecule has 27 heavy (non-hydrogen) atoms. The molecule has 0 saturated carbocycles. The fourth-order valence-corrected chi connectivity index (χ4v) is 4.28. The van der Waals surface area contributed by atoms with Crippen LogP contribution in [0.2, 0.25) is 0 Å². The topological polar surface area (TPSA) is 45.4 Å². The van der Waals surface area contributed by atoms with E-state index in [1.54, 1.807) is 0 Å². The van der Waals surface area contributed by atoms with Gasteiger partial charge in [-0.25, -0.2) is 0 Å². The molecule has 1 aromatic heterocycles. The van der Waals surface area contributed by atoms with E-state index in [9.17, 15) is 0 Å². The maximum atomic E-state index is 6.18. The van der Waals surface area contributed by atoms with Crippen LogP contribution in [0, 0.1) is 0 Å². The zero-order valence-electron chi connectivity index (χ0n) is 15.4. The molecule has 3 aliphatic rings. The van der Waals surface area contributed by atoms with E-state index in [0.29, 0.717) is 17.9 Å². The van der Waals surface area contributed by atoms with Gasteiger partial charge in [-0.3, -0.25) is 0 Å². The highest BCUT2D eigenvalue weighted by atomic mass is 16.4. The lowest BCUT2D eigenvalue weighted by molar-refractivity contribution is 0.249. The molecule has 3 saturated heterocycles. The third-order valence-electron chi connectivity index (χ3n) is 5.80. The molecule has 0 atom stereocenters. The Morgan fingerprint density at radius 1 is 0.852 bits per heavy atom. The van der Waals surface area contributed by atoms with E-state index in [2.05, 4.69) is 62.5 Å². The molecule has 3 aromatic rings. The first-order valence-corrected chi connectivity index (χ1v) is 9.81. The predicted octanol–water partition coefficient (Wildman–Crippen LogP) is 3.61. The molecule has 0 spiro atoms. The molecule has 4 heterocycles. The molecule has 2 aromatic carbocycles. The van der Waals surface area contributed by atoms with Crippen LogP contribution in [-0.4, -0.2) is 47.3 Å². The van der Waals surface area contributed by atoms with Crippen molar-refractivity contribution in [2.75, 3.05) is 31.1 Å². The first kappa shape index (κ1) is 16.5. The Kier molecular flexibility index (Phi) is 4.38. The Morgan fingerprint density at radius 2 is 1.63 bits per heavy atom. The minimum Gasteiger partial charge on any atom is -0.403 e. The fourth-order valence-electron chi connectivity index (χ4n) is 4.28. The van der Waals surface area contributed by atoms with E-state index in [1.165, 1.54) is 37.1 Å². The number of piperidine rings is 1. The van der Waals surface area contributed by atoms with Crippen LogP contribution in [0.15, 0.2) is 59.0 Å². The average Bonchev–Trinajstić information content (AvgIpc) is 3.01. The molecular formula is C22H24N4O. The van der Waals surface area contributed by atoms with Gasteiger partial charge >= 0.3 is 6.01 Å². The van der Waals surface area contributed by atoms with Gasteiger partial charge < -0.3 is 14.2 Å². The van der Waals surface area contributed by atoms with Crippen molar-refractivity contribution in [3.63, 3.8) is 0 Å². The molecule has 0 unspecified atom stereocenters. The highest BCUT2D eigenvalue weighted by Gasteiger charge is 2.32. The number of anilines is 1. The van der Waals surface area contributed by atoms with Gasteiger partial charge in [0.2, 0.25) is 5.89 Å². The Balaban J connectivity index is 1.43. The van der Waals surface area contributed by atoms with Crippen LogP contribution in [0.3, 0.4) is 0 Å². The summed E-state index contributed by atoms with van der Waals surface area (Å²) in [6, 6.07) is 20.0. The zero-order valence-corrected chi connectivity index (χ0v) is 15.4. The van der Waals surface area contributed by atoms with E-state index < -0.39 is 0 Å². The van der Waals surface area contributed by atoms with E-state index in [-0.39, 0.29) is 0 Å². The highest BCUT2D eigenvalue weighted by molar-refractivity contribution is 5.60. The molecular weight excluding hydrogens is 336 g/mol. The van der Waals surface area contributed by atoms with Crippen LogP contribution >= 0.6 is 0 Å². The Labute approximate surface area is 159 Å². The van der Waals surface area contributed by atoms with Crippen molar-refractivity contribution < 1.29 is 4.42 Å². The zero-order chi connectivity index (χ0) is 18.1. The SMILES string of the molecule is c1ccc(Cc2ccccc2-c2nnc(N3CCN4CCC3CC4)o2)cc1. The van der Waals surface area contributed by atoms with Crippen LogP contribution in [0.25, 0.3) is 11.5 Å². The van der Waals surface area contributed by atoms with Crippen LogP contribution in [-0.2, 0) is 6.42 Å². The third kappa shape index (κ3) is 3.35. The van der Waals surface area contributed by atoms with Crippen molar-refractivity contribution in [1.29, 1.82) is 0 Å². The molecule has 5 heteroatoms. The van der Waals surface area contributed by atoms with Crippen LogP contribution in [0.5, 0.6) is 0 Å². The molecule has 2 bridgehead atoms. The van der Waals surface area contributed by atoms with Crippen molar-refractivity contribution in [2.45, 2.75) is 25.3 Å². The van der Waals surface area contributed by atoms with Crippen molar-refractivity contribution in [3.05, 3.63) is 65.7 Å². The summed E-state index contributed by atoms with van der Waals surface area (Å²) < 4.78 is 6.18. The van der Waals surface area contributed by atoms with Crippen molar-refractivity contribution >= 4 is 6.01 Å². The highest BCUT2D eigenvalue weighted by Crippen LogP contribution is 2.30. The quantitative estimate of drug-likeness (QED) is 0.711. The molecule has 0 radical (unpaired) electrons. The Bertz CT molecular complexity index is 899. The normalized spacial score (nSPS) is 22.0. The van der Waals surface area contributed by atoms with E-state index >= 15 is 0 Å². The van der Waals surface area contributed by atoms with Crippen molar-refractivity contribution in [2.24, 2.45) is 0 Å². The van der Waals surface area contributed by atoms with Gasteiger partial charge in [0, 0.05) is 37.8 Å². The molecule has 138 valence electrons. The first-order valence-electron chi connectivity index (χ1n) is 9.81. The minimum atomic E-state index is 0.525. The van der Waals surface area contributed by atoms with Gasteiger partial charge in [-0.2, -0.15) is 0 Å². The van der Waals surface area contributed by atoms with E-state index in [0.717, 1.165) is 25.1 Å². The number of hydrogen-bond donors (Lipinski definition) is 0. The predicted molar refractivity (Wildman–Crippen MR) is 106 cm³/mol. The summed E-state index contributed by atoms with van der Waals surface area (Å²) in [7, 11) is 0. The smallest absolute Gasteiger partial charge is 0.318 e. The van der Waals surface area contributed by atoms with Crippen molar-refractivity contribution in [1.82, 2.24) is 15.1 Å². The number of fused-ring (bicyclic) bond motifs is 4. The van der Waals surface area contributed by atoms with Gasteiger partial charge in [-0.15, -0.1) is 5.10 Å². The molecule has 5 nitrogen and oxygen atoms in total. The lowest BCUT2D eigenvalue weighted by atomic mass is 10.00. The van der Waals surface area contributed by atoms with Crippen LogP contribution in [0.4, 0.5) is 6.01 Å². The number of benzene rings is 2. The summed E-state index contributed by atoms with van der Waals surface area (Å²) in [5.41, 5.74) is 3.52. The average molecular weight is 360 g/mol. The second kappa shape index (κ2) is 7.16. The van der Waals surface area contributed by atoms with Gasteiger partial charge in [-0.1, -0.05) is 53.6 Å². The lowest BCUT2D eigenvalue weighted by Crippen LogP contribution is -2.38. The molecule has 3 aliphatic heterocycles. The molecule has 0 aliphatic carbocycles. The summed E-state index contributed by atoms with van der Waals surface area (Å²) >= 11 is 0. The van der Waals surface area contributed by atoms with Crippen LogP contribution < -0.4 is 4.90 Å². The van der Waals surface area contributed by atoms with E-state index in [4.69, 9.17) is 4.42 Å². The largest absolute Gasteiger partial charge is 0.403 e. The van der Waals surface area contributed by atoms with Crippen molar-refractivity contribution in [3.8, 4) is 11.5 Å². The second-order valence-electron chi connectivity index (χ2n) is 7.48.